The summed E-state index contributed by atoms with van der Waals surface area (Å²) < 4.78 is 6.37. The van der Waals surface area contributed by atoms with Gasteiger partial charge in [0.2, 0.25) is 0 Å². The molecule has 1 aromatic carbocycles. The zero-order valence-electron chi connectivity index (χ0n) is 8.22. The van der Waals surface area contributed by atoms with Crippen LogP contribution in [0.3, 0.4) is 0 Å². The molecular formula is C12H7BrN2O. The Labute approximate surface area is 101 Å². The molecule has 0 atom stereocenters. The maximum atomic E-state index is 8.91. The average molecular weight is 275 g/mol. The molecule has 2 rings (SSSR count). The Balaban J connectivity index is 2.35. The first-order valence-electron chi connectivity index (χ1n) is 4.58. The molecule has 0 radical (unpaired) electrons. The van der Waals surface area contributed by atoms with Gasteiger partial charge in [0, 0.05) is 18.5 Å². The molecule has 78 valence electrons. The van der Waals surface area contributed by atoms with E-state index in [4.69, 9.17) is 10.00 Å². The Morgan fingerprint density at radius 2 is 2.00 bits per heavy atom. The number of hydrogen-bond donors (Lipinski definition) is 0. The van der Waals surface area contributed by atoms with E-state index in [1.54, 1.807) is 36.7 Å². The SMILES string of the molecule is N#Cc1ccccc1Oc1ccncc1Br. The number of nitriles is 1. The van der Waals surface area contributed by atoms with Crippen LogP contribution < -0.4 is 4.74 Å². The molecule has 0 spiro atoms. The van der Waals surface area contributed by atoms with E-state index < -0.39 is 0 Å². The van der Waals surface area contributed by atoms with E-state index in [-0.39, 0.29) is 0 Å². The second-order valence-corrected chi connectivity index (χ2v) is 3.87. The molecule has 2 aromatic rings. The van der Waals surface area contributed by atoms with Gasteiger partial charge in [-0.2, -0.15) is 5.26 Å². The van der Waals surface area contributed by atoms with E-state index in [0.29, 0.717) is 17.1 Å². The number of ether oxygens (including phenoxy) is 1. The van der Waals surface area contributed by atoms with E-state index in [1.165, 1.54) is 0 Å². The van der Waals surface area contributed by atoms with Gasteiger partial charge in [-0.15, -0.1) is 0 Å². The minimum Gasteiger partial charge on any atom is -0.455 e. The van der Waals surface area contributed by atoms with Gasteiger partial charge in [0.15, 0.2) is 0 Å². The molecule has 0 amide bonds. The summed E-state index contributed by atoms with van der Waals surface area (Å²) in [6.07, 6.45) is 3.28. The van der Waals surface area contributed by atoms with Crippen LogP contribution in [0.5, 0.6) is 11.5 Å². The number of hydrogen-bond acceptors (Lipinski definition) is 3. The molecule has 0 unspecified atom stereocenters. The van der Waals surface area contributed by atoms with Crippen molar-refractivity contribution in [2.75, 3.05) is 0 Å². The maximum absolute atomic E-state index is 8.91. The predicted molar refractivity (Wildman–Crippen MR) is 63.2 cm³/mol. The molecule has 0 aliphatic carbocycles. The minimum atomic E-state index is 0.506. The van der Waals surface area contributed by atoms with Gasteiger partial charge in [0.25, 0.3) is 0 Å². The van der Waals surface area contributed by atoms with Crippen LogP contribution in [0.1, 0.15) is 5.56 Å². The highest BCUT2D eigenvalue weighted by Crippen LogP contribution is 2.29. The molecule has 3 nitrogen and oxygen atoms in total. The van der Waals surface area contributed by atoms with Crippen molar-refractivity contribution in [3.8, 4) is 17.6 Å². The summed E-state index contributed by atoms with van der Waals surface area (Å²) >= 11 is 3.33. The van der Waals surface area contributed by atoms with E-state index in [1.807, 2.05) is 6.07 Å². The summed E-state index contributed by atoms with van der Waals surface area (Å²) in [5, 5.41) is 8.91. The third kappa shape index (κ3) is 2.20. The van der Waals surface area contributed by atoms with Crippen molar-refractivity contribution < 1.29 is 4.74 Å². The van der Waals surface area contributed by atoms with Crippen molar-refractivity contribution in [3.63, 3.8) is 0 Å². The van der Waals surface area contributed by atoms with Gasteiger partial charge >= 0.3 is 0 Å². The molecule has 0 saturated heterocycles. The third-order valence-electron chi connectivity index (χ3n) is 1.96. The maximum Gasteiger partial charge on any atom is 0.145 e. The molecular weight excluding hydrogens is 268 g/mol. The van der Waals surface area contributed by atoms with Gasteiger partial charge < -0.3 is 4.74 Å². The summed E-state index contributed by atoms with van der Waals surface area (Å²) in [6.45, 7) is 0. The normalized spacial score (nSPS) is 9.50. The standard InChI is InChI=1S/C12H7BrN2O/c13-10-8-15-6-5-12(10)16-11-4-2-1-3-9(11)7-14/h1-6,8H. The quantitative estimate of drug-likeness (QED) is 0.842. The summed E-state index contributed by atoms with van der Waals surface area (Å²) in [4.78, 5) is 3.94. The van der Waals surface area contributed by atoms with E-state index >= 15 is 0 Å². The van der Waals surface area contributed by atoms with Crippen LogP contribution in [0.2, 0.25) is 0 Å². The molecule has 1 heterocycles. The molecule has 0 aliphatic heterocycles. The fourth-order valence-corrected chi connectivity index (χ4v) is 1.54. The number of nitrogens with zero attached hydrogens (tertiary/aromatic N) is 2. The topological polar surface area (TPSA) is 45.9 Å². The lowest BCUT2D eigenvalue weighted by Gasteiger charge is -2.07. The Kier molecular flexibility index (Phi) is 3.18. The van der Waals surface area contributed by atoms with Crippen LogP contribution in [0, 0.1) is 11.3 Å². The zero-order chi connectivity index (χ0) is 11.4. The largest absolute Gasteiger partial charge is 0.455 e. The van der Waals surface area contributed by atoms with Crippen molar-refractivity contribution >= 4 is 15.9 Å². The molecule has 1 aromatic heterocycles. The number of rotatable bonds is 2. The second kappa shape index (κ2) is 4.77. The average Bonchev–Trinajstić information content (AvgIpc) is 2.33. The lowest BCUT2D eigenvalue weighted by Crippen LogP contribution is -1.89. The first-order valence-corrected chi connectivity index (χ1v) is 5.37. The van der Waals surface area contributed by atoms with Crippen molar-refractivity contribution in [3.05, 3.63) is 52.8 Å². The fraction of sp³-hybridized carbons (Fsp3) is 0. The molecule has 0 fully saturated rings. The fourth-order valence-electron chi connectivity index (χ4n) is 1.21. The number of aromatic nitrogens is 1. The monoisotopic (exact) mass is 274 g/mol. The zero-order valence-corrected chi connectivity index (χ0v) is 9.81. The van der Waals surface area contributed by atoms with Crippen LogP contribution in [0.25, 0.3) is 0 Å². The third-order valence-corrected chi connectivity index (χ3v) is 2.56. The number of para-hydroxylation sites is 1. The number of benzene rings is 1. The van der Waals surface area contributed by atoms with Crippen LogP contribution in [-0.4, -0.2) is 4.98 Å². The Morgan fingerprint density at radius 1 is 1.19 bits per heavy atom. The van der Waals surface area contributed by atoms with Gasteiger partial charge in [-0.05, 0) is 28.1 Å². The lowest BCUT2D eigenvalue weighted by molar-refractivity contribution is 0.477. The van der Waals surface area contributed by atoms with Crippen molar-refractivity contribution in [2.24, 2.45) is 0 Å². The van der Waals surface area contributed by atoms with Gasteiger partial charge in [-0.25, -0.2) is 0 Å². The number of halogens is 1. The predicted octanol–water partition coefficient (Wildman–Crippen LogP) is 3.51. The van der Waals surface area contributed by atoms with Crippen LogP contribution >= 0.6 is 15.9 Å². The minimum absolute atomic E-state index is 0.506. The second-order valence-electron chi connectivity index (χ2n) is 3.02. The molecule has 0 aliphatic rings. The smallest absolute Gasteiger partial charge is 0.145 e. The first kappa shape index (κ1) is 10.7. The van der Waals surface area contributed by atoms with E-state index in [9.17, 15) is 0 Å². The highest BCUT2D eigenvalue weighted by molar-refractivity contribution is 9.10. The Morgan fingerprint density at radius 3 is 2.75 bits per heavy atom. The van der Waals surface area contributed by atoms with Gasteiger partial charge in [-0.1, -0.05) is 12.1 Å². The van der Waals surface area contributed by atoms with Crippen molar-refractivity contribution in [1.82, 2.24) is 4.98 Å². The summed E-state index contributed by atoms with van der Waals surface area (Å²) in [5.74, 6) is 1.18. The van der Waals surface area contributed by atoms with Crippen LogP contribution in [-0.2, 0) is 0 Å². The highest BCUT2D eigenvalue weighted by atomic mass is 79.9. The molecule has 0 bridgehead atoms. The van der Waals surface area contributed by atoms with Gasteiger partial charge in [0.1, 0.15) is 17.6 Å². The highest BCUT2D eigenvalue weighted by Gasteiger charge is 2.05. The first-order chi connectivity index (χ1) is 7.81. The van der Waals surface area contributed by atoms with Crippen LogP contribution in [0.15, 0.2) is 47.2 Å². The van der Waals surface area contributed by atoms with Crippen molar-refractivity contribution in [2.45, 2.75) is 0 Å². The summed E-state index contributed by atoms with van der Waals surface area (Å²) in [7, 11) is 0. The van der Waals surface area contributed by atoms with Crippen LogP contribution in [0.4, 0.5) is 0 Å². The number of pyridine rings is 1. The van der Waals surface area contributed by atoms with E-state index in [2.05, 4.69) is 27.0 Å². The van der Waals surface area contributed by atoms with Crippen molar-refractivity contribution in [1.29, 1.82) is 5.26 Å². The molecule has 4 heteroatoms. The Bertz CT molecular complexity index is 549. The summed E-state index contributed by atoms with van der Waals surface area (Å²) in [6, 6.07) is 10.9. The molecule has 0 N–H and O–H groups in total. The van der Waals surface area contributed by atoms with Gasteiger partial charge in [0.05, 0.1) is 10.0 Å². The van der Waals surface area contributed by atoms with E-state index in [0.717, 1.165) is 4.47 Å². The molecule has 16 heavy (non-hydrogen) atoms. The Hall–Kier alpha value is -1.86. The lowest BCUT2D eigenvalue weighted by atomic mass is 10.2. The molecule has 0 saturated carbocycles. The van der Waals surface area contributed by atoms with Gasteiger partial charge in [-0.3, -0.25) is 4.98 Å². The summed E-state index contributed by atoms with van der Waals surface area (Å²) in [5.41, 5.74) is 0.506.